The predicted molar refractivity (Wildman–Crippen MR) is 90.7 cm³/mol. The van der Waals surface area contributed by atoms with Crippen molar-refractivity contribution < 1.29 is 22.7 Å². The van der Waals surface area contributed by atoms with Crippen LogP contribution < -0.4 is 4.74 Å². The minimum atomic E-state index is -2.92. The summed E-state index contributed by atoms with van der Waals surface area (Å²) in [5, 5.41) is 0. The van der Waals surface area contributed by atoms with E-state index >= 15 is 0 Å². The molecule has 26 heavy (non-hydrogen) atoms. The zero-order chi connectivity index (χ0) is 18.5. The second kappa shape index (κ2) is 8.23. The van der Waals surface area contributed by atoms with Crippen molar-refractivity contribution in [2.75, 3.05) is 26.2 Å². The van der Waals surface area contributed by atoms with Crippen LogP contribution in [0.3, 0.4) is 0 Å². The lowest BCUT2D eigenvalue weighted by Gasteiger charge is -2.34. The van der Waals surface area contributed by atoms with Gasteiger partial charge in [0.05, 0.1) is 0 Å². The first-order valence-electron chi connectivity index (χ1n) is 8.32. The highest BCUT2D eigenvalue weighted by molar-refractivity contribution is 5.94. The third-order valence-electron chi connectivity index (χ3n) is 4.26. The van der Waals surface area contributed by atoms with Gasteiger partial charge in [0.15, 0.2) is 0 Å². The first-order chi connectivity index (χ1) is 12.5. The molecule has 7 heteroatoms. The van der Waals surface area contributed by atoms with Crippen LogP contribution in [0.25, 0.3) is 0 Å². The number of benzene rings is 2. The quantitative estimate of drug-likeness (QED) is 0.815. The fraction of sp³-hybridized carbons (Fsp3) is 0.316. The lowest BCUT2D eigenvalue weighted by atomic mass is 10.1. The average molecular weight is 364 g/mol. The van der Waals surface area contributed by atoms with Gasteiger partial charge in [0.1, 0.15) is 11.6 Å². The molecule has 0 atom stereocenters. The molecule has 0 saturated carbocycles. The Bertz CT molecular complexity index is 762. The number of amides is 1. The zero-order valence-electron chi connectivity index (χ0n) is 14.1. The highest BCUT2D eigenvalue weighted by atomic mass is 19.3. The Morgan fingerprint density at radius 1 is 1.04 bits per heavy atom. The van der Waals surface area contributed by atoms with Crippen molar-refractivity contribution in [2.24, 2.45) is 0 Å². The molecule has 0 radical (unpaired) electrons. The average Bonchev–Trinajstić information content (AvgIpc) is 2.61. The number of hydrogen-bond donors (Lipinski definition) is 0. The van der Waals surface area contributed by atoms with Crippen LogP contribution >= 0.6 is 0 Å². The molecule has 1 fully saturated rings. The molecule has 0 N–H and O–H groups in total. The molecule has 1 aliphatic rings. The summed E-state index contributed by atoms with van der Waals surface area (Å²) in [6.45, 7) is 0.0664. The van der Waals surface area contributed by atoms with Gasteiger partial charge in [-0.15, -0.1) is 0 Å². The third kappa shape index (κ3) is 4.76. The van der Waals surface area contributed by atoms with E-state index < -0.39 is 6.61 Å². The number of alkyl halides is 2. The highest BCUT2D eigenvalue weighted by Crippen LogP contribution is 2.18. The molecule has 0 unspecified atom stereocenters. The number of hydrogen-bond acceptors (Lipinski definition) is 3. The molecule has 4 nitrogen and oxygen atoms in total. The molecule has 2 aromatic carbocycles. The molecule has 0 aromatic heterocycles. The maximum absolute atomic E-state index is 13.3. The normalized spacial score (nSPS) is 15.3. The Kier molecular flexibility index (Phi) is 5.78. The van der Waals surface area contributed by atoms with Crippen molar-refractivity contribution in [3.05, 3.63) is 65.5 Å². The van der Waals surface area contributed by atoms with Gasteiger partial charge < -0.3 is 9.64 Å². The molecule has 0 spiro atoms. The minimum absolute atomic E-state index is 0.0319. The first kappa shape index (κ1) is 18.3. The van der Waals surface area contributed by atoms with E-state index in [0.717, 1.165) is 5.56 Å². The van der Waals surface area contributed by atoms with Crippen molar-refractivity contribution in [3.63, 3.8) is 0 Å². The van der Waals surface area contributed by atoms with E-state index in [4.69, 9.17) is 0 Å². The lowest BCUT2D eigenvalue weighted by Crippen LogP contribution is -2.48. The van der Waals surface area contributed by atoms with Gasteiger partial charge in [-0.3, -0.25) is 9.69 Å². The molecule has 2 aromatic rings. The van der Waals surface area contributed by atoms with E-state index in [9.17, 15) is 18.0 Å². The third-order valence-corrected chi connectivity index (χ3v) is 4.26. The maximum atomic E-state index is 13.3. The zero-order valence-corrected chi connectivity index (χ0v) is 14.1. The molecule has 3 rings (SSSR count). The monoisotopic (exact) mass is 364 g/mol. The Hall–Kier alpha value is -2.54. The van der Waals surface area contributed by atoms with Crippen LogP contribution in [0.15, 0.2) is 48.5 Å². The number of carbonyl (C=O) groups is 1. The van der Waals surface area contributed by atoms with E-state index in [2.05, 4.69) is 9.64 Å². The molecule has 0 bridgehead atoms. The molecular formula is C19H19F3N2O2. The Balaban J connectivity index is 1.56. The van der Waals surface area contributed by atoms with Gasteiger partial charge in [-0.2, -0.15) is 8.78 Å². The molecule has 1 saturated heterocycles. The maximum Gasteiger partial charge on any atom is 0.387 e. The van der Waals surface area contributed by atoms with Gasteiger partial charge in [0.2, 0.25) is 0 Å². The number of ether oxygens (including phenoxy) is 1. The minimum Gasteiger partial charge on any atom is -0.435 e. The van der Waals surface area contributed by atoms with Crippen molar-refractivity contribution >= 4 is 5.91 Å². The van der Waals surface area contributed by atoms with E-state index in [1.807, 2.05) is 6.07 Å². The standard InChI is InChI=1S/C19H19F3N2O2/c20-16-5-1-3-14(11-16)13-23-7-9-24(10-8-23)18(25)15-4-2-6-17(12-15)26-19(21)22/h1-6,11-12,19H,7-10,13H2. The predicted octanol–water partition coefficient (Wildman–Crippen LogP) is 3.39. The smallest absolute Gasteiger partial charge is 0.387 e. The van der Waals surface area contributed by atoms with Crippen LogP contribution in [0.5, 0.6) is 5.75 Å². The molecule has 1 aliphatic heterocycles. The van der Waals surface area contributed by atoms with Crippen molar-refractivity contribution in [1.29, 1.82) is 0 Å². The van der Waals surface area contributed by atoms with Crippen LogP contribution in [0.4, 0.5) is 13.2 Å². The summed E-state index contributed by atoms with van der Waals surface area (Å²) in [6.07, 6.45) is 0. The van der Waals surface area contributed by atoms with Crippen LogP contribution in [0, 0.1) is 5.82 Å². The van der Waals surface area contributed by atoms with Crippen LogP contribution in [-0.4, -0.2) is 48.5 Å². The lowest BCUT2D eigenvalue weighted by molar-refractivity contribution is -0.0499. The van der Waals surface area contributed by atoms with Gasteiger partial charge in [0, 0.05) is 38.3 Å². The van der Waals surface area contributed by atoms with E-state index in [-0.39, 0.29) is 17.5 Å². The van der Waals surface area contributed by atoms with Gasteiger partial charge in [-0.25, -0.2) is 4.39 Å². The van der Waals surface area contributed by atoms with Gasteiger partial charge >= 0.3 is 6.61 Å². The van der Waals surface area contributed by atoms with E-state index in [0.29, 0.717) is 38.3 Å². The summed E-state index contributed by atoms with van der Waals surface area (Å²) in [5.74, 6) is -0.507. The fourth-order valence-electron chi connectivity index (χ4n) is 2.99. The SMILES string of the molecule is O=C(c1cccc(OC(F)F)c1)N1CCN(Cc2cccc(F)c2)CC1. The Morgan fingerprint density at radius 2 is 1.77 bits per heavy atom. The number of piperazine rings is 1. The van der Waals surface area contributed by atoms with Crippen molar-refractivity contribution in [3.8, 4) is 5.75 Å². The Labute approximate surface area is 149 Å². The van der Waals surface area contributed by atoms with Gasteiger partial charge in [-0.05, 0) is 35.9 Å². The van der Waals surface area contributed by atoms with Gasteiger partial charge in [-0.1, -0.05) is 18.2 Å². The summed E-state index contributed by atoms with van der Waals surface area (Å²) in [4.78, 5) is 16.4. The van der Waals surface area contributed by atoms with Crippen molar-refractivity contribution in [2.45, 2.75) is 13.2 Å². The summed E-state index contributed by atoms with van der Waals surface area (Å²) in [6, 6.07) is 12.3. The largest absolute Gasteiger partial charge is 0.435 e. The number of nitrogens with zero attached hydrogens (tertiary/aromatic N) is 2. The van der Waals surface area contributed by atoms with Gasteiger partial charge in [0.25, 0.3) is 5.91 Å². The Morgan fingerprint density at radius 3 is 2.46 bits per heavy atom. The van der Waals surface area contributed by atoms with Crippen molar-refractivity contribution in [1.82, 2.24) is 9.80 Å². The van der Waals surface area contributed by atoms with E-state index in [1.54, 1.807) is 17.0 Å². The van der Waals surface area contributed by atoms with Crippen LogP contribution in [0.1, 0.15) is 15.9 Å². The molecule has 1 heterocycles. The first-order valence-corrected chi connectivity index (χ1v) is 8.32. The summed E-state index contributed by atoms with van der Waals surface area (Å²) in [5.41, 5.74) is 1.21. The number of halogens is 3. The highest BCUT2D eigenvalue weighted by Gasteiger charge is 2.22. The number of carbonyl (C=O) groups excluding carboxylic acids is 1. The topological polar surface area (TPSA) is 32.8 Å². The van der Waals surface area contributed by atoms with Crippen LogP contribution in [-0.2, 0) is 6.54 Å². The number of rotatable bonds is 5. The van der Waals surface area contributed by atoms with E-state index in [1.165, 1.54) is 30.3 Å². The summed E-state index contributed by atoms with van der Waals surface area (Å²) in [7, 11) is 0. The molecular weight excluding hydrogens is 345 g/mol. The molecule has 1 amide bonds. The summed E-state index contributed by atoms with van der Waals surface area (Å²) < 4.78 is 42.2. The molecule has 0 aliphatic carbocycles. The second-order valence-electron chi connectivity index (χ2n) is 6.10. The van der Waals surface area contributed by atoms with Crippen LogP contribution in [0.2, 0.25) is 0 Å². The second-order valence-corrected chi connectivity index (χ2v) is 6.10. The summed E-state index contributed by atoms with van der Waals surface area (Å²) >= 11 is 0. The fourth-order valence-corrected chi connectivity index (χ4v) is 2.99. The molecule has 138 valence electrons.